The fourth-order valence-corrected chi connectivity index (χ4v) is 2.47. The van der Waals surface area contributed by atoms with Crippen molar-refractivity contribution in [3.8, 4) is 0 Å². The molecule has 0 bridgehead atoms. The summed E-state index contributed by atoms with van der Waals surface area (Å²) < 4.78 is 10.9. The van der Waals surface area contributed by atoms with Gasteiger partial charge in [-0.25, -0.2) is 0 Å². The Hall–Kier alpha value is 0.140. The average Bonchev–Trinajstić information content (AvgIpc) is 1.97. The highest BCUT2D eigenvalue weighted by molar-refractivity contribution is 8.72. The molecule has 0 rings (SSSR count). The maximum Gasteiger partial charge on any atom is 0.121 e. The van der Waals surface area contributed by atoms with Crippen molar-refractivity contribution in [2.75, 3.05) is 11.5 Å². The van der Waals surface area contributed by atoms with Crippen LogP contribution in [0.15, 0.2) is 25.3 Å². The molecule has 0 saturated heterocycles. The van der Waals surface area contributed by atoms with Gasteiger partial charge in [-0.05, 0) is 0 Å². The Balaban J connectivity index is 3.15. The van der Waals surface area contributed by atoms with Crippen LogP contribution < -0.4 is 0 Å². The van der Waals surface area contributed by atoms with Crippen LogP contribution in [0.2, 0.25) is 0 Å². The first-order valence-corrected chi connectivity index (χ1v) is 5.87. The first kappa shape index (κ1) is 10.1. The highest BCUT2D eigenvalue weighted by Gasteiger charge is 2.03. The molecule has 0 aromatic rings. The van der Waals surface area contributed by atoms with Crippen molar-refractivity contribution in [1.82, 2.24) is 0 Å². The third kappa shape index (κ3) is 6.26. The molecule has 3 heteroatoms. The predicted molar refractivity (Wildman–Crippen MR) is 50.5 cm³/mol. The first-order chi connectivity index (χ1) is 4.81. The summed E-state index contributed by atoms with van der Waals surface area (Å²) in [6.07, 6.45) is 4.37. The van der Waals surface area contributed by atoms with Crippen LogP contribution in [0.25, 0.3) is 0 Å². The highest BCUT2D eigenvalue weighted by atomic mass is 33.1. The normalized spacial score (nSPS) is 12.5. The fourth-order valence-electron chi connectivity index (χ4n) is 0.362. The minimum Gasteiger partial charge on any atom is -0.605 e. The molecule has 0 heterocycles. The Labute approximate surface area is 69.2 Å². The standard InChI is InChI=1S/C7H12OS2/c1-3-5-7-10(8)9-6-4-2/h3-4H,1-2,5-7H2. The molecule has 0 aromatic heterocycles. The second-order valence-corrected chi connectivity index (χ2v) is 5.07. The molecular weight excluding hydrogens is 164 g/mol. The topological polar surface area (TPSA) is 23.1 Å². The molecule has 1 nitrogen and oxygen atoms in total. The highest BCUT2D eigenvalue weighted by Crippen LogP contribution is 2.13. The minimum atomic E-state index is -0.746. The van der Waals surface area contributed by atoms with Gasteiger partial charge in [0.25, 0.3) is 0 Å². The van der Waals surface area contributed by atoms with Crippen molar-refractivity contribution in [3.63, 3.8) is 0 Å². The van der Waals surface area contributed by atoms with Crippen LogP contribution in [0.4, 0.5) is 0 Å². The molecule has 0 amide bonds. The SMILES string of the molecule is C=CCC[S+]([O-])SCC=C. The Morgan fingerprint density at radius 2 is 2.10 bits per heavy atom. The Morgan fingerprint density at radius 1 is 1.40 bits per heavy atom. The summed E-state index contributed by atoms with van der Waals surface area (Å²) in [7, 11) is 0.677. The zero-order valence-electron chi connectivity index (χ0n) is 5.91. The minimum absolute atomic E-state index is 0.710. The van der Waals surface area contributed by atoms with Crippen LogP contribution in [0.5, 0.6) is 0 Å². The third-order valence-corrected chi connectivity index (χ3v) is 3.71. The molecule has 1 unspecified atom stereocenters. The van der Waals surface area contributed by atoms with Crippen LogP contribution in [0.3, 0.4) is 0 Å². The summed E-state index contributed by atoms with van der Waals surface area (Å²) in [6.45, 7) is 7.09. The Morgan fingerprint density at radius 3 is 2.60 bits per heavy atom. The Kier molecular flexibility index (Phi) is 7.35. The van der Waals surface area contributed by atoms with Gasteiger partial charge < -0.3 is 4.55 Å². The molecule has 0 radical (unpaired) electrons. The summed E-state index contributed by atoms with van der Waals surface area (Å²) in [5.41, 5.74) is 0. The number of hydrogen-bond donors (Lipinski definition) is 0. The van der Waals surface area contributed by atoms with Gasteiger partial charge in [-0.1, -0.05) is 12.2 Å². The summed E-state index contributed by atoms with van der Waals surface area (Å²) in [4.78, 5) is 0. The van der Waals surface area contributed by atoms with Gasteiger partial charge in [-0.2, -0.15) is 0 Å². The van der Waals surface area contributed by atoms with E-state index in [1.165, 1.54) is 10.8 Å². The van der Waals surface area contributed by atoms with Crippen molar-refractivity contribution in [2.45, 2.75) is 6.42 Å². The van der Waals surface area contributed by atoms with Crippen molar-refractivity contribution >= 4 is 21.0 Å². The van der Waals surface area contributed by atoms with Gasteiger partial charge in [0.2, 0.25) is 0 Å². The number of allylic oxidation sites excluding steroid dienone is 1. The summed E-state index contributed by atoms with van der Waals surface area (Å²) in [5.74, 6) is 1.48. The van der Waals surface area contributed by atoms with Gasteiger partial charge in [-0.3, -0.25) is 0 Å². The van der Waals surface area contributed by atoms with Crippen molar-refractivity contribution < 1.29 is 4.55 Å². The molecule has 0 aliphatic carbocycles. The lowest BCUT2D eigenvalue weighted by molar-refractivity contribution is 0.609. The molecular formula is C7H12OS2. The largest absolute Gasteiger partial charge is 0.605 e. The molecule has 0 N–H and O–H groups in total. The second-order valence-electron chi connectivity index (χ2n) is 1.66. The van der Waals surface area contributed by atoms with E-state index < -0.39 is 10.2 Å². The monoisotopic (exact) mass is 176 g/mol. The molecule has 0 aromatic carbocycles. The predicted octanol–water partition coefficient (Wildman–Crippen LogP) is 2.15. The molecule has 1 atom stereocenters. The summed E-state index contributed by atoms with van der Waals surface area (Å²) in [5, 5.41) is 0. The zero-order valence-corrected chi connectivity index (χ0v) is 7.55. The average molecular weight is 176 g/mol. The van der Waals surface area contributed by atoms with Crippen molar-refractivity contribution in [3.05, 3.63) is 25.3 Å². The van der Waals surface area contributed by atoms with E-state index in [4.69, 9.17) is 0 Å². The van der Waals surface area contributed by atoms with Gasteiger partial charge in [0, 0.05) is 16.6 Å². The molecule has 0 spiro atoms. The van der Waals surface area contributed by atoms with Gasteiger partial charge in [0.15, 0.2) is 0 Å². The Bertz CT molecular complexity index is 91.8. The third-order valence-electron chi connectivity index (χ3n) is 0.806. The lowest BCUT2D eigenvalue weighted by Crippen LogP contribution is -1.99. The van der Waals surface area contributed by atoms with Crippen molar-refractivity contribution in [2.24, 2.45) is 0 Å². The maximum absolute atomic E-state index is 10.9. The van der Waals surface area contributed by atoms with E-state index in [0.717, 1.165) is 12.2 Å². The molecule has 10 heavy (non-hydrogen) atoms. The number of rotatable bonds is 6. The van der Waals surface area contributed by atoms with Crippen LogP contribution in [-0.4, -0.2) is 16.1 Å². The van der Waals surface area contributed by atoms with E-state index in [2.05, 4.69) is 13.2 Å². The van der Waals surface area contributed by atoms with Crippen LogP contribution >= 0.6 is 10.8 Å². The van der Waals surface area contributed by atoms with Gasteiger partial charge in [0.1, 0.15) is 5.75 Å². The zero-order chi connectivity index (χ0) is 7.82. The van der Waals surface area contributed by atoms with Crippen LogP contribution in [0, 0.1) is 0 Å². The van der Waals surface area contributed by atoms with E-state index in [-0.39, 0.29) is 0 Å². The maximum atomic E-state index is 10.9. The number of hydrogen-bond acceptors (Lipinski definition) is 2. The van der Waals surface area contributed by atoms with Crippen LogP contribution in [0.1, 0.15) is 6.42 Å². The molecule has 0 aliphatic heterocycles. The fraction of sp³-hybridized carbons (Fsp3) is 0.429. The second kappa shape index (κ2) is 7.25. The van der Waals surface area contributed by atoms with E-state index in [9.17, 15) is 4.55 Å². The van der Waals surface area contributed by atoms with Crippen LogP contribution in [-0.2, 0) is 10.2 Å². The lowest BCUT2D eigenvalue weighted by Gasteiger charge is -2.04. The summed E-state index contributed by atoms with van der Waals surface area (Å²) >= 11 is 0. The molecule has 0 aliphatic rings. The molecule has 58 valence electrons. The van der Waals surface area contributed by atoms with E-state index >= 15 is 0 Å². The van der Waals surface area contributed by atoms with E-state index in [0.29, 0.717) is 5.75 Å². The smallest absolute Gasteiger partial charge is 0.121 e. The van der Waals surface area contributed by atoms with E-state index in [1.807, 2.05) is 0 Å². The van der Waals surface area contributed by atoms with Gasteiger partial charge in [0.05, 0.1) is 16.5 Å². The van der Waals surface area contributed by atoms with Crippen molar-refractivity contribution in [1.29, 1.82) is 0 Å². The quantitative estimate of drug-likeness (QED) is 0.351. The summed E-state index contributed by atoms with van der Waals surface area (Å²) in [6, 6.07) is 0. The lowest BCUT2D eigenvalue weighted by atomic mass is 10.5. The molecule has 0 fully saturated rings. The van der Waals surface area contributed by atoms with Gasteiger partial charge in [-0.15, -0.1) is 13.2 Å². The van der Waals surface area contributed by atoms with E-state index in [1.54, 1.807) is 12.2 Å². The molecule has 0 saturated carbocycles. The van der Waals surface area contributed by atoms with Gasteiger partial charge >= 0.3 is 0 Å². The first-order valence-electron chi connectivity index (χ1n) is 3.04.